The molecule has 3 fully saturated rings. The second kappa shape index (κ2) is 12.9. The highest BCUT2D eigenvalue weighted by atomic mass is 32.2. The second-order valence-electron chi connectivity index (χ2n) is 13.2. The van der Waals surface area contributed by atoms with Crippen molar-refractivity contribution in [2.75, 3.05) is 6.54 Å². The van der Waals surface area contributed by atoms with Crippen molar-refractivity contribution < 1.29 is 37.4 Å². The van der Waals surface area contributed by atoms with Gasteiger partial charge in [0.2, 0.25) is 27.7 Å². The van der Waals surface area contributed by atoms with Crippen molar-refractivity contribution in [2.45, 2.75) is 86.8 Å². The maximum atomic E-state index is 14.2. The molecule has 1 aromatic carbocycles. The van der Waals surface area contributed by atoms with Crippen LogP contribution in [0.2, 0.25) is 0 Å². The van der Waals surface area contributed by atoms with Gasteiger partial charge in [-0.2, -0.15) is 4.98 Å². The van der Waals surface area contributed by atoms with Crippen molar-refractivity contribution in [3.05, 3.63) is 48.9 Å². The van der Waals surface area contributed by atoms with Crippen LogP contribution in [-0.2, 0) is 24.4 Å². The molecule has 1 saturated heterocycles. The van der Waals surface area contributed by atoms with E-state index in [4.69, 9.17) is 4.74 Å². The third kappa shape index (κ3) is 6.60. The summed E-state index contributed by atoms with van der Waals surface area (Å²) in [5.41, 5.74) is -1.12. The first kappa shape index (κ1) is 32.7. The van der Waals surface area contributed by atoms with Crippen LogP contribution in [0.5, 0.6) is 5.88 Å². The van der Waals surface area contributed by atoms with E-state index in [1.54, 1.807) is 6.20 Å². The zero-order chi connectivity index (χ0) is 34.3. The average molecular weight is 692 g/mol. The Morgan fingerprint density at radius 2 is 1.86 bits per heavy atom. The molecule has 3 aromatic rings. The number of rotatable bonds is 6. The predicted octanol–water partition coefficient (Wildman–Crippen LogP) is 2.17. The molecule has 0 unspecified atom stereocenters. The highest BCUT2D eigenvalue weighted by molar-refractivity contribution is 7.91. The summed E-state index contributed by atoms with van der Waals surface area (Å²) in [5, 5.41) is 16.3. The molecule has 15 nitrogen and oxygen atoms in total. The standard InChI is InChI=1S/C33H37N7O8S/c41-28-26-14-20(48-29-23-10-7-6-9-22(23)24-16-34-18-35-27(24)37-29)17-40(26)30(42)25(36-32(44)45)11-5-3-1-2-4-8-19-15-33(19,38-28)31(43)39-49(46,47)21-12-13-21/h4,6-10,16,18-21,25-26,36H,1-3,5,11-15,17H2,(H,38,41)(H,39,43)(H,44,45)/b8-4-/t19-,20-,25+,26+,33-/m1/s1. The third-order valence-electron chi connectivity index (χ3n) is 9.77. The molecule has 49 heavy (non-hydrogen) atoms. The van der Waals surface area contributed by atoms with Gasteiger partial charge in [0.1, 0.15) is 30.1 Å². The largest absolute Gasteiger partial charge is 0.472 e. The summed E-state index contributed by atoms with van der Waals surface area (Å²) in [6, 6.07) is 5.16. The van der Waals surface area contributed by atoms with Gasteiger partial charge in [-0.05, 0) is 50.0 Å². The smallest absolute Gasteiger partial charge is 0.405 e. The molecule has 258 valence electrons. The molecule has 2 aliphatic carbocycles. The van der Waals surface area contributed by atoms with Crippen LogP contribution >= 0.6 is 0 Å². The zero-order valence-electron chi connectivity index (χ0n) is 26.6. The Bertz CT molecular complexity index is 1970. The average Bonchev–Trinajstić information content (AvgIpc) is 4.00. The maximum absolute atomic E-state index is 14.2. The van der Waals surface area contributed by atoms with E-state index in [2.05, 4.69) is 30.3 Å². The van der Waals surface area contributed by atoms with Crippen molar-refractivity contribution in [2.24, 2.45) is 5.92 Å². The number of fused-ring (bicyclic) bond motifs is 5. The van der Waals surface area contributed by atoms with E-state index in [0.717, 1.165) is 23.6 Å². The van der Waals surface area contributed by atoms with Gasteiger partial charge >= 0.3 is 6.09 Å². The van der Waals surface area contributed by atoms with Crippen LogP contribution in [0.4, 0.5) is 4.79 Å². The molecule has 5 atom stereocenters. The number of benzene rings is 1. The van der Waals surface area contributed by atoms with Crippen LogP contribution in [0.3, 0.4) is 0 Å². The van der Waals surface area contributed by atoms with Crippen molar-refractivity contribution in [3.8, 4) is 5.88 Å². The number of pyridine rings is 1. The Morgan fingerprint density at radius 3 is 2.63 bits per heavy atom. The third-order valence-corrected chi connectivity index (χ3v) is 11.6. The quantitative estimate of drug-likeness (QED) is 0.217. The number of carboxylic acid groups (broad SMARTS) is 1. The predicted molar refractivity (Wildman–Crippen MR) is 176 cm³/mol. The second-order valence-corrected chi connectivity index (χ2v) is 15.2. The van der Waals surface area contributed by atoms with Crippen LogP contribution in [0.1, 0.15) is 57.8 Å². The van der Waals surface area contributed by atoms with Gasteiger partial charge in [-0.25, -0.2) is 23.2 Å². The van der Waals surface area contributed by atoms with E-state index in [1.165, 1.54) is 11.2 Å². The Morgan fingerprint density at radius 1 is 1.06 bits per heavy atom. The highest BCUT2D eigenvalue weighted by Crippen LogP contribution is 2.46. The first-order valence-corrected chi connectivity index (χ1v) is 18.1. The number of ether oxygens (including phenoxy) is 1. The van der Waals surface area contributed by atoms with Crippen LogP contribution in [0.25, 0.3) is 21.8 Å². The number of carbonyl (C=O) groups is 4. The van der Waals surface area contributed by atoms with Crippen molar-refractivity contribution in [1.82, 2.24) is 35.2 Å². The van der Waals surface area contributed by atoms with Gasteiger partial charge in [0.25, 0.3) is 5.91 Å². The van der Waals surface area contributed by atoms with Crippen LogP contribution < -0.4 is 20.1 Å². The Hall–Kier alpha value is -4.86. The van der Waals surface area contributed by atoms with Crippen molar-refractivity contribution in [3.63, 3.8) is 0 Å². The molecule has 16 heteroatoms. The lowest BCUT2D eigenvalue weighted by Crippen LogP contribution is -2.58. The minimum absolute atomic E-state index is 0.00770. The van der Waals surface area contributed by atoms with Gasteiger partial charge in [-0.15, -0.1) is 0 Å². The van der Waals surface area contributed by atoms with Crippen molar-refractivity contribution in [1.29, 1.82) is 0 Å². The topological polar surface area (TPSA) is 210 Å². The summed E-state index contributed by atoms with van der Waals surface area (Å²) in [4.78, 5) is 67.9. The van der Waals surface area contributed by atoms with E-state index >= 15 is 0 Å². The Labute approximate surface area is 281 Å². The van der Waals surface area contributed by atoms with Gasteiger partial charge in [-0.1, -0.05) is 43.2 Å². The molecular formula is C33H37N7O8S. The molecule has 4 aliphatic rings. The fourth-order valence-electron chi connectivity index (χ4n) is 6.91. The Balaban J connectivity index is 1.21. The number of hydrogen-bond donors (Lipinski definition) is 4. The summed E-state index contributed by atoms with van der Waals surface area (Å²) in [6.45, 7) is -0.0644. The number of sulfonamides is 1. The Kier molecular flexibility index (Phi) is 8.58. The van der Waals surface area contributed by atoms with E-state index in [-0.39, 0.29) is 31.7 Å². The van der Waals surface area contributed by atoms with Gasteiger partial charge < -0.3 is 25.4 Å². The maximum Gasteiger partial charge on any atom is 0.405 e. The number of hydrogen-bond acceptors (Lipinski definition) is 10. The van der Waals surface area contributed by atoms with Gasteiger partial charge in [0, 0.05) is 29.3 Å². The molecule has 2 aromatic heterocycles. The minimum Gasteiger partial charge on any atom is -0.472 e. The molecule has 7 rings (SSSR count). The molecule has 0 bridgehead atoms. The highest BCUT2D eigenvalue weighted by Gasteiger charge is 2.62. The number of nitrogens with one attached hydrogen (secondary N) is 3. The molecule has 4 amide bonds. The molecule has 2 aliphatic heterocycles. The lowest BCUT2D eigenvalue weighted by Gasteiger charge is -2.29. The first-order valence-electron chi connectivity index (χ1n) is 16.6. The van der Waals surface area contributed by atoms with Crippen molar-refractivity contribution >= 4 is 55.6 Å². The summed E-state index contributed by atoms with van der Waals surface area (Å²) in [7, 11) is -3.89. The van der Waals surface area contributed by atoms with E-state index in [1.807, 2.05) is 36.4 Å². The van der Waals surface area contributed by atoms with Gasteiger partial charge in [0.15, 0.2) is 5.65 Å². The summed E-state index contributed by atoms with van der Waals surface area (Å²) in [5.74, 6) is -2.26. The summed E-state index contributed by atoms with van der Waals surface area (Å²) >= 11 is 0. The minimum atomic E-state index is -3.89. The van der Waals surface area contributed by atoms with Gasteiger partial charge in [0.05, 0.1) is 11.8 Å². The van der Waals surface area contributed by atoms with Crippen LogP contribution in [0, 0.1) is 5.92 Å². The summed E-state index contributed by atoms with van der Waals surface area (Å²) < 4.78 is 34.1. The molecule has 4 N–H and O–H groups in total. The fourth-order valence-corrected chi connectivity index (χ4v) is 8.27. The molecule has 4 heterocycles. The molecular weight excluding hydrogens is 654 g/mol. The van der Waals surface area contributed by atoms with E-state index < -0.39 is 68.7 Å². The number of allylic oxidation sites excluding steroid dienone is 1. The fraction of sp³-hybridized carbons (Fsp3) is 0.485. The van der Waals surface area contributed by atoms with Crippen LogP contribution in [-0.4, -0.2) is 92.7 Å². The van der Waals surface area contributed by atoms with Crippen LogP contribution in [0.15, 0.2) is 48.9 Å². The molecule has 0 radical (unpaired) electrons. The monoisotopic (exact) mass is 691 g/mol. The summed E-state index contributed by atoms with van der Waals surface area (Å²) in [6.07, 6.45) is 8.77. The SMILES string of the molecule is O=C(O)N[C@H]1CCCCC/C=C\[C@@H]2C[C@@]2(C(=O)NS(=O)(=O)C2CC2)NC(=O)[C@@H]2C[C@@H](Oc3nc4ncncc4c4ccccc34)CN2C1=O. The lowest BCUT2D eigenvalue weighted by molar-refractivity contribution is -0.141. The first-order chi connectivity index (χ1) is 23.6. The molecule has 2 saturated carbocycles. The molecule has 0 spiro atoms. The lowest BCUT2D eigenvalue weighted by atomic mass is 10.1. The van der Waals surface area contributed by atoms with Gasteiger partial charge in [-0.3, -0.25) is 19.1 Å². The zero-order valence-corrected chi connectivity index (χ0v) is 27.4. The number of aromatic nitrogens is 3. The van der Waals surface area contributed by atoms with E-state index in [0.29, 0.717) is 36.7 Å². The normalized spacial score (nSPS) is 28.4. The van der Waals surface area contributed by atoms with E-state index in [9.17, 15) is 32.7 Å². The number of carbonyl (C=O) groups excluding carboxylic acids is 3. The number of nitrogens with zero attached hydrogens (tertiary/aromatic N) is 4. The number of amides is 4.